The highest BCUT2D eigenvalue weighted by molar-refractivity contribution is 14.0. The molecule has 1 saturated heterocycles. The second-order valence-electron chi connectivity index (χ2n) is 5.79. The van der Waals surface area contributed by atoms with Crippen LogP contribution in [0, 0.1) is 0 Å². The molecule has 5 nitrogen and oxygen atoms in total. The number of nitrogens with zero attached hydrogens (tertiary/aromatic N) is 3. The third kappa shape index (κ3) is 6.50. The number of likely N-dealkylation sites (tertiary alicyclic amines) is 1. The normalized spacial score (nSPS) is 17.3. The summed E-state index contributed by atoms with van der Waals surface area (Å²) in [6.07, 6.45) is 2.49. The number of nitrogens with one attached hydrogen (secondary N) is 1. The number of anilines is 1. The Kier molecular flexibility index (Phi) is 8.74. The van der Waals surface area contributed by atoms with Gasteiger partial charge in [0.1, 0.15) is 0 Å². The van der Waals surface area contributed by atoms with Gasteiger partial charge in [0.25, 0.3) is 0 Å². The van der Waals surface area contributed by atoms with Gasteiger partial charge >= 0.3 is 0 Å². The highest BCUT2D eigenvalue weighted by Gasteiger charge is 2.19. The standard InChI is InChI=1S/C16H27N5.HI/c1-20(2)15-8-11-21(12-9-15)13-10-18-16(17)19-14-6-4-3-5-7-14;/h3-7,15H,8-13H2,1-2H3,(H3,17,18,19);1H. The van der Waals surface area contributed by atoms with Gasteiger partial charge in [-0.25, -0.2) is 0 Å². The summed E-state index contributed by atoms with van der Waals surface area (Å²) in [4.78, 5) is 9.20. The van der Waals surface area contributed by atoms with Gasteiger partial charge in [-0.15, -0.1) is 24.0 Å². The highest BCUT2D eigenvalue weighted by Crippen LogP contribution is 2.13. The van der Waals surface area contributed by atoms with Crippen LogP contribution in [0.15, 0.2) is 35.3 Å². The molecule has 1 aliphatic rings. The van der Waals surface area contributed by atoms with E-state index >= 15 is 0 Å². The van der Waals surface area contributed by atoms with E-state index in [-0.39, 0.29) is 24.0 Å². The van der Waals surface area contributed by atoms with E-state index in [1.165, 1.54) is 12.8 Å². The van der Waals surface area contributed by atoms with Crippen molar-refractivity contribution < 1.29 is 0 Å². The van der Waals surface area contributed by atoms with Gasteiger partial charge in [-0.05, 0) is 52.2 Å². The van der Waals surface area contributed by atoms with Crippen LogP contribution in [0.2, 0.25) is 0 Å². The molecule has 1 aromatic carbocycles. The number of para-hydroxylation sites is 1. The number of guanidine groups is 1. The maximum atomic E-state index is 5.90. The molecule has 1 heterocycles. The molecule has 0 aromatic heterocycles. The summed E-state index contributed by atoms with van der Waals surface area (Å²) >= 11 is 0. The Bertz CT molecular complexity index is 441. The van der Waals surface area contributed by atoms with Crippen LogP contribution in [0.5, 0.6) is 0 Å². The Balaban J connectivity index is 0.00000242. The highest BCUT2D eigenvalue weighted by atomic mass is 127. The van der Waals surface area contributed by atoms with Gasteiger partial charge in [-0.3, -0.25) is 4.99 Å². The molecular weight excluding hydrogens is 389 g/mol. The van der Waals surface area contributed by atoms with E-state index in [0.717, 1.165) is 37.9 Å². The Labute approximate surface area is 151 Å². The SMILES string of the molecule is CN(C)C1CCN(CCN=C(N)Nc2ccccc2)CC1.I. The van der Waals surface area contributed by atoms with Crippen molar-refractivity contribution in [1.82, 2.24) is 9.80 Å². The summed E-state index contributed by atoms with van der Waals surface area (Å²) in [6.45, 7) is 4.05. The van der Waals surface area contributed by atoms with Gasteiger partial charge in [0.05, 0.1) is 6.54 Å². The van der Waals surface area contributed by atoms with Gasteiger partial charge in [-0.1, -0.05) is 18.2 Å². The monoisotopic (exact) mass is 417 g/mol. The molecule has 3 N–H and O–H groups in total. The predicted octanol–water partition coefficient (Wildman–Crippen LogP) is 2.06. The largest absolute Gasteiger partial charge is 0.370 e. The van der Waals surface area contributed by atoms with Crippen molar-refractivity contribution in [2.45, 2.75) is 18.9 Å². The molecule has 0 saturated carbocycles. The van der Waals surface area contributed by atoms with Crippen molar-refractivity contribution >= 4 is 35.6 Å². The zero-order valence-electron chi connectivity index (χ0n) is 13.5. The maximum Gasteiger partial charge on any atom is 0.193 e. The number of rotatable bonds is 5. The Morgan fingerprint density at radius 2 is 1.91 bits per heavy atom. The second kappa shape index (κ2) is 10.0. The fourth-order valence-electron chi connectivity index (χ4n) is 2.68. The molecule has 0 atom stereocenters. The summed E-state index contributed by atoms with van der Waals surface area (Å²) in [7, 11) is 4.33. The molecule has 0 unspecified atom stereocenters. The van der Waals surface area contributed by atoms with Crippen molar-refractivity contribution in [1.29, 1.82) is 0 Å². The summed E-state index contributed by atoms with van der Waals surface area (Å²) in [5.41, 5.74) is 6.87. The van der Waals surface area contributed by atoms with Gasteiger partial charge < -0.3 is 20.9 Å². The van der Waals surface area contributed by atoms with Crippen LogP contribution in [-0.4, -0.2) is 62.1 Å². The number of hydrogen-bond donors (Lipinski definition) is 2. The van der Waals surface area contributed by atoms with Crippen molar-refractivity contribution in [3.05, 3.63) is 30.3 Å². The molecule has 1 fully saturated rings. The van der Waals surface area contributed by atoms with Crippen LogP contribution in [0.1, 0.15) is 12.8 Å². The second-order valence-corrected chi connectivity index (χ2v) is 5.79. The fraction of sp³-hybridized carbons (Fsp3) is 0.562. The van der Waals surface area contributed by atoms with Crippen molar-refractivity contribution in [2.24, 2.45) is 10.7 Å². The summed E-state index contributed by atoms with van der Waals surface area (Å²) in [6, 6.07) is 10.6. The predicted molar refractivity (Wildman–Crippen MR) is 105 cm³/mol. The maximum absolute atomic E-state index is 5.90. The Morgan fingerprint density at radius 3 is 2.50 bits per heavy atom. The summed E-state index contributed by atoms with van der Waals surface area (Å²) < 4.78 is 0. The Morgan fingerprint density at radius 1 is 1.27 bits per heavy atom. The molecule has 0 amide bonds. The first kappa shape index (κ1) is 19.2. The molecule has 6 heteroatoms. The smallest absolute Gasteiger partial charge is 0.193 e. The molecule has 2 rings (SSSR count). The van der Waals surface area contributed by atoms with E-state index in [2.05, 4.69) is 34.2 Å². The topological polar surface area (TPSA) is 56.9 Å². The molecular formula is C16H28IN5. The zero-order chi connectivity index (χ0) is 15.1. The van der Waals surface area contributed by atoms with Crippen LogP contribution in [0.25, 0.3) is 0 Å². The molecule has 124 valence electrons. The minimum absolute atomic E-state index is 0. The van der Waals surface area contributed by atoms with Crippen LogP contribution >= 0.6 is 24.0 Å². The molecule has 1 aliphatic heterocycles. The van der Waals surface area contributed by atoms with E-state index in [4.69, 9.17) is 5.73 Å². The molecule has 0 radical (unpaired) electrons. The fourth-order valence-corrected chi connectivity index (χ4v) is 2.68. The van der Waals surface area contributed by atoms with Gasteiger partial charge in [0.2, 0.25) is 0 Å². The lowest BCUT2D eigenvalue weighted by Gasteiger charge is -2.34. The van der Waals surface area contributed by atoms with Crippen LogP contribution in [-0.2, 0) is 0 Å². The lowest BCUT2D eigenvalue weighted by Crippen LogP contribution is -2.42. The lowest BCUT2D eigenvalue weighted by molar-refractivity contribution is 0.148. The summed E-state index contributed by atoms with van der Waals surface area (Å²) in [5, 5.41) is 3.10. The average Bonchev–Trinajstić information content (AvgIpc) is 2.49. The lowest BCUT2D eigenvalue weighted by atomic mass is 10.0. The van der Waals surface area contributed by atoms with Crippen LogP contribution in [0.3, 0.4) is 0 Å². The van der Waals surface area contributed by atoms with Crippen LogP contribution < -0.4 is 11.1 Å². The third-order valence-electron chi connectivity index (χ3n) is 4.03. The number of hydrogen-bond acceptors (Lipinski definition) is 3. The summed E-state index contributed by atoms with van der Waals surface area (Å²) in [5.74, 6) is 0.490. The molecule has 1 aromatic rings. The van der Waals surface area contributed by atoms with Crippen molar-refractivity contribution in [2.75, 3.05) is 45.6 Å². The molecule has 0 aliphatic carbocycles. The minimum Gasteiger partial charge on any atom is -0.370 e. The molecule has 0 bridgehead atoms. The Hall–Kier alpha value is -0.860. The quantitative estimate of drug-likeness (QED) is 0.438. The number of nitrogens with two attached hydrogens (primary N) is 1. The van der Waals surface area contributed by atoms with Gasteiger partial charge in [0, 0.05) is 18.3 Å². The average molecular weight is 417 g/mol. The minimum atomic E-state index is 0. The van der Waals surface area contributed by atoms with Gasteiger partial charge in [0.15, 0.2) is 5.96 Å². The van der Waals surface area contributed by atoms with E-state index < -0.39 is 0 Å². The first-order chi connectivity index (χ1) is 10.1. The number of aliphatic imine (C=N–C) groups is 1. The first-order valence-corrected chi connectivity index (χ1v) is 7.66. The molecule has 22 heavy (non-hydrogen) atoms. The van der Waals surface area contributed by atoms with E-state index in [9.17, 15) is 0 Å². The van der Waals surface area contributed by atoms with Crippen molar-refractivity contribution in [3.63, 3.8) is 0 Å². The first-order valence-electron chi connectivity index (χ1n) is 7.66. The van der Waals surface area contributed by atoms with E-state index in [0.29, 0.717) is 5.96 Å². The van der Waals surface area contributed by atoms with Crippen LogP contribution in [0.4, 0.5) is 5.69 Å². The third-order valence-corrected chi connectivity index (χ3v) is 4.03. The number of halogens is 1. The number of benzene rings is 1. The van der Waals surface area contributed by atoms with E-state index in [1.54, 1.807) is 0 Å². The number of piperidine rings is 1. The molecule has 0 spiro atoms. The van der Waals surface area contributed by atoms with E-state index in [1.807, 2.05) is 30.3 Å². The van der Waals surface area contributed by atoms with Gasteiger partial charge in [-0.2, -0.15) is 0 Å². The zero-order valence-corrected chi connectivity index (χ0v) is 15.9. The van der Waals surface area contributed by atoms with Crippen molar-refractivity contribution in [3.8, 4) is 0 Å².